The molecule has 0 saturated carbocycles. The molecule has 1 N–H and O–H groups in total. The van der Waals surface area contributed by atoms with E-state index >= 15 is 0 Å². The minimum absolute atomic E-state index is 0.0553. The predicted molar refractivity (Wildman–Crippen MR) is 97.4 cm³/mol. The zero-order chi connectivity index (χ0) is 16.9. The zero-order valence-electron chi connectivity index (χ0n) is 14.0. The summed E-state index contributed by atoms with van der Waals surface area (Å²) in [4.78, 5) is 16.7. The highest BCUT2D eigenvalue weighted by molar-refractivity contribution is 5.97. The Morgan fingerprint density at radius 1 is 1.29 bits per heavy atom. The van der Waals surface area contributed by atoms with E-state index in [-0.39, 0.29) is 5.78 Å². The van der Waals surface area contributed by atoms with Crippen molar-refractivity contribution >= 4 is 12.0 Å². The highest BCUT2D eigenvalue weighted by Crippen LogP contribution is 2.26. The molecule has 2 aliphatic rings. The van der Waals surface area contributed by atoms with Crippen molar-refractivity contribution < 1.29 is 9.90 Å². The number of benzene rings is 1. The summed E-state index contributed by atoms with van der Waals surface area (Å²) in [6.45, 7) is 2.73. The number of hydrogen-bond donors (Lipinski definition) is 1. The lowest BCUT2D eigenvalue weighted by atomic mass is 9.89. The first-order valence-electron chi connectivity index (χ1n) is 8.51. The maximum absolute atomic E-state index is 12.5. The molecule has 1 aromatic rings. The molecule has 1 atom stereocenters. The molecular formula is C21H23NO2. The van der Waals surface area contributed by atoms with Gasteiger partial charge >= 0.3 is 0 Å². The van der Waals surface area contributed by atoms with E-state index in [0.717, 1.165) is 24.0 Å². The average Bonchev–Trinajstić information content (AvgIpc) is 3.11. The molecule has 0 bridgehead atoms. The second kappa shape index (κ2) is 7.54. The number of aliphatic hydroxyl groups is 1. The van der Waals surface area contributed by atoms with E-state index in [1.165, 1.54) is 11.1 Å². The van der Waals surface area contributed by atoms with E-state index in [9.17, 15) is 9.90 Å². The molecule has 1 aliphatic heterocycles. The van der Waals surface area contributed by atoms with Crippen LogP contribution in [-0.4, -0.2) is 29.8 Å². The number of ketones is 1. The average molecular weight is 321 g/mol. The van der Waals surface area contributed by atoms with E-state index in [4.69, 9.17) is 0 Å². The predicted octanol–water partition coefficient (Wildman–Crippen LogP) is 3.52. The third-order valence-electron chi connectivity index (χ3n) is 4.56. The van der Waals surface area contributed by atoms with Gasteiger partial charge in [-0.1, -0.05) is 35.9 Å². The van der Waals surface area contributed by atoms with Crippen LogP contribution in [-0.2, 0) is 11.2 Å². The minimum atomic E-state index is -0.677. The number of nitrogens with zero attached hydrogens (tertiary/aromatic N) is 1. The van der Waals surface area contributed by atoms with Crippen LogP contribution < -0.4 is 0 Å². The van der Waals surface area contributed by atoms with Crippen LogP contribution in [0.2, 0.25) is 0 Å². The highest BCUT2D eigenvalue weighted by atomic mass is 16.3. The molecule has 1 aromatic carbocycles. The Morgan fingerprint density at radius 2 is 2.08 bits per heavy atom. The summed E-state index contributed by atoms with van der Waals surface area (Å²) < 4.78 is 0. The maximum Gasteiger partial charge on any atom is 0.161 e. The number of carbonyl (C=O) groups is 1. The maximum atomic E-state index is 12.5. The fraction of sp³-hybridized carbons (Fsp3) is 0.333. The summed E-state index contributed by atoms with van der Waals surface area (Å²) in [5.41, 5.74) is 5.19. The Bertz CT molecular complexity index is 736. The van der Waals surface area contributed by atoms with E-state index in [0.29, 0.717) is 25.0 Å². The van der Waals surface area contributed by atoms with Gasteiger partial charge in [0, 0.05) is 18.2 Å². The van der Waals surface area contributed by atoms with Crippen molar-refractivity contribution in [1.29, 1.82) is 0 Å². The molecule has 0 fully saturated rings. The topological polar surface area (TPSA) is 49.7 Å². The molecule has 1 aliphatic carbocycles. The second-order valence-electron chi connectivity index (χ2n) is 6.45. The Balaban J connectivity index is 1.58. The van der Waals surface area contributed by atoms with Crippen LogP contribution in [0.3, 0.4) is 0 Å². The number of Topliss-reactive ketones (excluding diaryl/α,β-unsaturated/α-hetero) is 1. The van der Waals surface area contributed by atoms with E-state index in [2.05, 4.69) is 36.2 Å². The van der Waals surface area contributed by atoms with Crippen molar-refractivity contribution in [3.63, 3.8) is 0 Å². The van der Waals surface area contributed by atoms with Gasteiger partial charge in [0.25, 0.3) is 0 Å². The van der Waals surface area contributed by atoms with Gasteiger partial charge < -0.3 is 5.11 Å². The first-order valence-corrected chi connectivity index (χ1v) is 8.51. The lowest BCUT2D eigenvalue weighted by molar-refractivity contribution is -0.116. The van der Waals surface area contributed by atoms with Crippen molar-refractivity contribution in [3.05, 3.63) is 70.3 Å². The van der Waals surface area contributed by atoms with Crippen molar-refractivity contribution in [1.82, 2.24) is 0 Å². The smallest absolute Gasteiger partial charge is 0.161 e. The van der Waals surface area contributed by atoms with Crippen molar-refractivity contribution in [2.45, 2.75) is 38.7 Å². The third-order valence-corrected chi connectivity index (χ3v) is 4.56. The number of rotatable bonds is 6. The Kier molecular flexibility index (Phi) is 5.21. The van der Waals surface area contributed by atoms with Crippen LogP contribution in [0.15, 0.2) is 64.2 Å². The molecule has 3 rings (SSSR count). The number of hydrogen-bond acceptors (Lipinski definition) is 3. The van der Waals surface area contributed by atoms with Gasteiger partial charge in [-0.05, 0) is 55.0 Å². The van der Waals surface area contributed by atoms with E-state index in [1.54, 1.807) is 6.21 Å². The van der Waals surface area contributed by atoms with Gasteiger partial charge in [-0.25, -0.2) is 0 Å². The molecule has 0 amide bonds. The summed E-state index contributed by atoms with van der Waals surface area (Å²) in [7, 11) is 0. The molecule has 24 heavy (non-hydrogen) atoms. The van der Waals surface area contributed by atoms with Crippen molar-refractivity contribution in [2.24, 2.45) is 4.99 Å². The molecule has 1 heterocycles. The zero-order valence-corrected chi connectivity index (χ0v) is 14.0. The van der Waals surface area contributed by atoms with Gasteiger partial charge in [-0.2, -0.15) is 0 Å². The molecule has 0 saturated heterocycles. The number of allylic oxidation sites excluding steroid dienone is 2. The van der Waals surface area contributed by atoms with Gasteiger partial charge in [0.15, 0.2) is 5.78 Å². The molecule has 0 aromatic heterocycles. The quantitative estimate of drug-likeness (QED) is 0.871. The van der Waals surface area contributed by atoms with Crippen LogP contribution in [0.4, 0.5) is 0 Å². The monoisotopic (exact) mass is 321 g/mol. The number of carbonyl (C=O) groups excluding carboxylic acids is 1. The Hall–Kier alpha value is -2.26. The fourth-order valence-electron chi connectivity index (χ4n) is 3.06. The molecule has 0 radical (unpaired) electrons. The highest BCUT2D eigenvalue weighted by Gasteiger charge is 2.22. The Labute approximate surface area is 143 Å². The molecule has 3 nitrogen and oxygen atoms in total. The van der Waals surface area contributed by atoms with Crippen LogP contribution >= 0.6 is 0 Å². The van der Waals surface area contributed by atoms with E-state index in [1.807, 2.05) is 18.2 Å². The number of aliphatic hydroxyl groups excluding tert-OH is 1. The molecule has 124 valence electrons. The fourth-order valence-corrected chi connectivity index (χ4v) is 3.06. The van der Waals surface area contributed by atoms with Gasteiger partial charge in [0.05, 0.1) is 12.6 Å². The molecule has 1 unspecified atom stereocenters. The van der Waals surface area contributed by atoms with Crippen LogP contribution in [0.25, 0.3) is 0 Å². The number of aryl methyl sites for hydroxylation is 2. The summed E-state index contributed by atoms with van der Waals surface area (Å²) in [6, 6.07) is 8.42. The lowest BCUT2D eigenvalue weighted by Crippen LogP contribution is -2.21. The molecule has 3 heteroatoms. The first-order chi connectivity index (χ1) is 11.6. The Morgan fingerprint density at radius 3 is 2.79 bits per heavy atom. The van der Waals surface area contributed by atoms with Gasteiger partial charge in [0.1, 0.15) is 0 Å². The molecule has 0 spiro atoms. The van der Waals surface area contributed by atoms with Gasteiger partial charge in [-0.3, -0.25) is 9.79 Å². The normalized spacial score (nSPS) is 19.8. The molecular weight excluding hydrogens is 298 g/mol. The first kappa shape index (κ1) is 16.6. The lowest BCUT2D eigenvalue weighted by Gasteiger charge is -2.19. The standard InChI is InChI=1S/C21H23NO2/c1-15-5-7-16(8-6-15)3-2-4-20(23)19-13-17(9-10-21(19)24)18-11-12-22-14-18/h5-9,11-13,21,24H,2-4,10,14H2,1H3. The summed E-state index contributed by atoms with van der Waals surface area (Å²) in [5, 5.41) is 10.2. The van der Waals surface area contributed by atoms with Crippen LogP contribution in [0.1, 0.15) is 30.4 Å². The van der Waals surface area contributed by atoms with Gasteiger partial charge in [-0.15, -0.1) is 0 Å². The summed E-state index contributed by atoms with van der Waals surface area (Å²) >= 11 is 0. The van der Waals surface area contributed by atoms with Crippen LogP contribution in [0.5, 0.6) is 0 Å². The summed E-state index contributed by atoms with van der Waals surface area (Å²) in [5.74, 6) is 0.0553. The van der Waals surface area contributed by atoms with Crippen molar-refractivity contribution in [2.75, 3.05) is 6.54 Å². The van der Waals surface area contributed by atoms with Crippen molar-refractivity contribution in [3.8, 4) is 0 Å². The third kappa shape index (κ3) is 3.98. The SMILES string of the molecule is Cc1ccc(CCCC(=O)C2=CC(C3=CC=NC3)=CCC2O)cc1. The van der Waals surface area contributed by atoms with Crippen LogP contribution in [0, 0.1) is 6.92 Å². The minimum Gasteiger partial charge on any atom is -0.388 e. The largest absolute Gasteiger partial charge is 0.388 e. The number of aliphatic imine (C=N–C) groups is 1. The van der Waals surface area contributed by atoms with E-state index < -0.39 is 6.10 Å². The second-order valence-corrected chi connectivity index (χ2v) is 6.45. The van der Waals surface area contributed by atoms with Gasteiger partial charge in [0.2, 0.25) is 0 Å². The summed E-state index contributed by atoms with van der Waals surface area (Å²) in [6.07, 6.45) is 9.59.